The minimum atomic E-state index is -4.53. The summed E-state index contributed by atoms with van der Waals surface area (Å²) in [6.45, 7) is 10.5. The summed E-state index contributed by atoms with van der Waals surface area (Å²) in [5, 5.41) is 0. The van der Waals surface area contributed by atoms with Gasteiger partial charge in [0.1, 0.15) is 17.2 Å². The molecule has 0 atom stereocenters. The highest BCUT2D eigenvalue weighted by Crippen LogP contribution is 2.48. The van der Waals surface area contributed by atoms with Crippen molar-refractivity contribution in [3.63, 3.8) is 0 Å². The molecule has 8 heteroatoms. The first-order valence-corrected chi connectivity index (χ1v) is 14.2. The lowest BCUT2D eigenvalue weighted by Gasteiger charge is -2.29. The number of para-hydroxylation sites is 1. The van der Waals surface area contributed by atoms with E-state index in [1.807, 2.05) is 0 Å². The minimum Gasteiger partial charge on any atom is -1.00 e. The van der Waals surface area contributed by atoms with Crippen molar-refractivity contribution < 1.29 is 39.0 Å². The molecule has 38 heavy (non-hydrogen) atoms. The second-order valence-corrected chi connectivity index (χ2v) is 13.7. The fourth-order valence-corrected chi connectivity index (χ4v) is 6.28. The van der Waals surface area contributed by atoms with Crippen LogP contribution in [0, 0.1) is 0 Å². The molecule has 0 spiro atoms. The molecule has 0 N–H and O–H groups in total. The van der Waals surface area contributed by atoms with Crippen molar-refractivity contribution in [3.05, 3.63) is 77.5 Å². The normalized spacial score (nSPS) is 19.2. The maximum atomic E-state index is 11.8. The predicted molar refractivity (Wildman–Crippen MR) is 150 cm³/mol. The summed E-state index contributed by atoms with van der Waals surface area (Å²) in [5.41, 5.74) is 6.11. The minimum absolute atomic E-state index is 0. The molecule has 6 nitrogen and oxygen atoms in total. The van der Waals surface area contributed by atoms with E-state index in [0.717, 1.165) is 40.9 Å². The van der Waals surface area contributed by atoms with Crippen molar-refractivity contribution >= 4 is 27.2 Å². The Hall–Kier alpha value is -2.26. The Kier molecular flexibility index (Phi) is 8.27. The van der Waals surface area contributed by atoms with Gasteiger partial charge in [0, 0.05) is 47.5 Å². The number of anilines is 1. The SMILES string of the molecule is C[N+]1=C(C=CC=C2N(CCC[N+](C)(C)C)c3ccc(S(=O)(=O)[O-])cc3C2(C)C)C(C)(C)c2ccccc21.[Br-]. The zero-order valence-electron chi connectivity index (χ0n) is 23.7. The van der Waals surface area contributed by atoms with E-state index in [4.69, 9.17) is 0 Å². The molecule has 2 heterocycles. The number of hydrogen-bond acceptors (Lipinski definition) is 4. The van der Waals surface area contributed by atoms with E-state index in [1.165, 1.54) is 23.0 Å². The number of rotatable bonds is 7. The van der Waals surface area contributed by atoms with Gasteiger partial charge in [0.05, 0.1) is 38.0 Å². The van der Waals surface area contributed by atoms with Crippen molar-refractivity contribution in [2.75, 3.05) is 46.2 Å². The standard InChI is InChI=1S/C30H40N3O3S.BrH/c1-29(2)23-13-9-10-14-25(23)31(5)27(29)15-11-16-28-30(3,4)24-21-22(37(34,35)36)17-18-26(24)32(28)19-12-20-33(6,7)8;/h9-11,13-18,21H,12,19-20H2,1-8H3;1H/q+1;/p-1. The van der Waals surface area contributed by atoms with E-state index >= 15 is 0 Å². The smallest absolute Gasteiger partial charge is 0.209 e. The van der Waals surface area contributed by atoms with Gasteiger partial charge >= 0.3 is 0 Å². The molecule has 0 saturated carbocycles. The molecular formula is C30H40BrN3O3S. The fraction of sp³-hybridized carbons (Fsp3) is 0.433. The summed E-state index contributed by atoms with van der Waals surface area (Å²) in [6.07, 6.45) is 7.42. The van der Waals surface area contributed by atoms with Gasteiger partial charge < -0.3 is 30.9 Å². The molecule has 2 aromatic carbocycles. The Labute approximate surface area is 239 Å². The lowest BCUT2D eigenvalue weighted by Crippen LogP contribution is -3.00. The van der Waals surface area contributed by atoms with Crippen LogP contribution in [0.5, 0.6) is 0 Å². The number of halogens is 1. The molecule has 0 saturated heterocycles. The summed E-state index contributed by atoms with van der Waals surface area (Å²) in [4.78, 5) is 2.12. The highest BCUT2D eigenvalue weighted by atomic mass is 79.9. The zero-order valence-corrected chi connectivity index (χ0v) is 26.1. The quantitative estimate of drug-likeness (QED) is 0.276. The van der Waals surface area contributed by atoms with E-state index in [2.05, 4.69) is 108 Å². The van der Waals surface area contributed by atoms with Gasteiger partial charge in [-0.05, 0) is 43.7 Å². The van der Waals surface area contributed by atoms with Crippen LogP contribution < -0.4 is 21.9 Å². The van der Waals surface area contributed by atoms with Crippen molar-refractivity contribution in [3.8, 4) is 0 Å². The van der Waals surface area contributed by atoms with Gasteiger partial charge in [-0.25, -0.2) is 8.42 Å². The second-order valence-electron chi connectivity index (χ2n) is 12.3. The monoisotopic (exact) mass is 601 g/mol. The first kappa shape index (κ1) is 30.3. The number of nitrogens with zero attached hydrogens (tertiary/aromatic N) is 3. The van der Waals surface area contributed by atoms with Gasteiger partial charge in [0.25, 0.3) is 0 Å². The maximum Gasteiger partial charge on any atom is 0.209 e. The van der Waals surface area contributed by atoms with Gasteiger partial charge in [-0.3, -0.25) is 0 Å². The van der Waals surface area contributed by atoms with Crippen LogP contribution in [-0.4, -0.2) is 69.0 Å². The van der Waals surface area contributed by atoms with Crippen LogP contribution in [0.2, 0.25) is 0 Å². The average molecular weight is 603 g/mol. The largest absolute Gasteiger partial charge is 1.00 e. The average Bonchev–Trinajstić information content (AvgIpc) is 3.12. The molecule has 0 unspecified atom stereocenters. The highest BCUT2D eigenvalue weighted by molar-refractivity contribution is 7.85. The summed E-state index contributed by atoms with van der Waals surface area (Å²) >= 11 is 0. The third-order valence-corrected chi connectivity index (χ3v) is 8.64. The molecule has 2 aliphatic heterocycles. The van der Waals surface area contributed by atoms with E-state index < -0.39 is 15.5 Å². The second kappa shape index (κ2) is 10.4. The summed E-state index contributed by atoms with van der Waals surface area (Å²) in [6, 6.07) is 13.3. The van der Waals surface area contributed by atoms with Crippen LogP contribution in [0.15, 0.2) is 71.3 Å². The van der Waals surface area contributed by atoms with Gasteiger partial charge in [-0.15, -0.1) is 0 Å². The summed E-state index contributed by atoms with van der Waals surface area (Å²) in [7, 11) is 4.12. The van der Waals surface area contributed by atoms with Gasteiger partial charge in [-0.2, -0.15) is 4.58 Å². The Balaban J connectivity index is 0.00000400. The Morgan fingerprint density at radius 3 is 2.26 bits per heavy atom. The summed E-state index contributed by atoms with van der Waals surface area (Å²) < 4.78 is 38.5. The molecule has 4 rings (SSSR count). The topological polar surface area (TPSA) is 63.5 Å². The molecular weight excluding hydrogens is 562 g/mol. The van der Waals surface area contributed by atoms with Gasteiger partial charge in [0.2, 0.25) is 5.69 Å². The number of hydrogen-bond donors (Lipinski definition) is 0. The molecule has 0 radical (unpaired) electrons. The first-order chi connectivity index (χ1) is 17.0. The van der Waals surface area contributed by atoms with E-state index in [-0.39, 0.29) is 27.3 Å². The summed E-state index contributed by atoms with van der Waals surface area (Å²) in [5.74, 6) is 0. The molecule has 0 aliphatic carbocycles. The highest BCUT2D eigenvalue weighted by Gasteiger charge is 2.43. The number of quaternary nitrogens is 1. The molecule has 2 aromatic rings. The van der Waals surface area contributed by atoms with Crippen LogP contribution in [-0.2, 0) is 20.9 Å². The molecule has 0 bridgehead atoms. The number of allylic oxidation sites excluding steroid dienone is 4. The maximum absolute atomic E-state index is 11.8. The molecule has 0 fully saturated rings. The Morgan fingerprint density at radius 2 is 1.66 bits per heavy atom. The van der Waals surface area contributed by atoms with Gasteiger partial charge in [0.15, 0.2) is 5.71 Å². The first-order valence-electron chi connectivity index (χ1n) is 12.8. The zero-order chi connectivity index (χ0) is 27.4. The third-order valence-electron chi connectivity index (χ3n) is 7.81. The van der Waals surface area contributed by atoms with Crippen molar-refractivity contribution in [1.82, 2.24) is 0 Å². The molecule has 2 aliphatic rings. The Bertz CT molecular complexity index is 1430. The van der Waals surface area contributed by atoms with Crippen molar-refractivity contribution in [2.24, 2.45) is 0 Å². The van der Waals surface area contributed by atoms with Crippen molar-refractivity contribution in [1.29, 1.82) is 0 Å². The Morgan fingerprint density at radius 1 is 1.00 bits per heavy atom. The lowest BCUT2D eigenvalue weighted by atomic mass is 9.81. The molecule has 0 amide bonds. The van der Waals surface area contributed by atoms with E-state index in [1.54, 1.807) is 12.1 Å². The van der Waals surface area contributed by atoms with Gasteiger partial charge in [-0.1, -0.05) is 38.1 Å². The van der Waals surface area contributed by atoms with Crippen LogP contribution >= 0.6 is 0 Å². The third kappa shape index (κ3) is 5.55. The predicted octanol–water partition coefficient (Wildman–Crippen LogP) is 1.93. The lowest BCUT2D eigenvalue weighted by molar-refractivity contribution is -0.870. The fourth-order valence-electron chi connectivity index (χ4n) is 5.79. The van der Waals surface area contributed by atoms with Crippen LogP contribution in [0.25, 0.3) is 0 Å². The number of benzene rings is 2. The molecule has 0 aromatic heterocycles. The van der Waals surface area contributed by atoms with E-state index in [9.17, 15) is 13.0 Å². The molecule has 206 valence electrons. The van der Waals surface area contributed by atoms with E-state index in [0.29, 0.717) is 0 Å². The van der Waals surface area contributed by atoms with Crippen LogP contribution in [0.1, 0.15) is 45.2 Å². The van der Waals surface area contributed by atoms with Crippen LogP contribution in [0.3, 0.4) is 0 Å². The number of fused-ring (bicyclic) bond motifs is 2. The van der Waals surface area contributed by atoms with Crippen molar-refractivity contribution in [2.45, 2.75) is 49.8 Å². The van der Waals surface area contributed by atoms with Crippen LogP contribution in [0.4, 0.5) is 11.4 Å².